The van der Waals surface area contributed by atoms with Crippen molar-refractivity contribution >= 4 is 5.91 Å². The number of amides is 1. The summed E-state index contributed by atoms with van der Waals surface area (Å²) in [6, 6.07) is -0.948. The molecule has 12 unspecified atom stereocenters. The summed E-state index contributed by atoms with van der Waals surface area (Å²) in [6.45, 7) is 2.66. The minimum atomic E-state index is -1.80. The first-order valence-corrected chi connectivity index (χ1v) is 37.1. The molecule has 2 aliphatic rings. The number of ether oxygens (including phenoxy) is 4. The summed E-state index contributed by atoms with van der Waals surface area (Å²) < 4.78 is 22.8. The summed E-state index contributed by atoms with van der Waals surface area (Å²) >= 11 is 0. The minimum Gasteiger partial charge on any atom is -0.394 e. The summed E-state index contributed by atoms with van der Waals surface area (Å²) in [5, 5.41) is 87.4. The molecule has 2 saturated heterocycles. The van der Waals surface area contributed by atoms with E-state index in [9.17, 15) is 45.6 Å². The van der Waals surface area contributed by atoms with Crippen LogP contribution in [0.2, 0.25) is 0 Å². The van der Waals surface area contributed by atoms with E-state index >= 15 is 0 Å². The lowest BCUT2D eigenvalue weighted by molar-refractivity contribution is -0.359. The van der Waals surface area contributed by atoms with Crippen molar-refractivity contribution in [3.63, 3.8) is 0 Å². The maximum absolute atomic E-state index is 13.3. The zero-order valence-corrected chi connectivity index (χ0v) is 58.4. The Morgan fingerprint density at radius 3 is 1.17 bits per heavy atom. The van der Waals surface area contributed by atoms with Crippen LogP contribution < -0.4 is 5.32 Å². The first kappa shape index (κ1) is 86.0. The van der Waals surface area contributed by atoms with Crippen LogP contribution in [0.3, 0.4) is 0 Å². The third kappa shape index (κ3) is 45.4. The molecule has 0 aromatic carbocycles. The van der Waals surface area contributed by atoms with E-state index in [-0.39, 0.29) is 18.9 Å². The van der Waals surface area contributed by atoms with Gasteiger partial charge in [-0.1, -0.05) is 282 Å². The number of unbranched alkanes of at least 4 members (excludes halogenated alkanes) is 24. The summed E-state index contributed by atoms with van der Waals surface area (Å²) in [7, 11) is 0. The van der Waals surface area contributed by atoms with Gasteiger partial charge in [-0.25, -0.2) is 0 Å². The molecule has 0 aromatic rings. The number of rotatable bonds is 59. The Balaban J connectivity index is 1.63. The molecule has 14 nitrogen and oxygen atoms in total. The van der Waals surface area contributed by atoms with Crippen molar-refractivity contribution in [2.45, 2.75) is 331 Å². The quantitative estimate of drug-likeness (QED) is 0.0204. The second-order valence-electron chi connectivity index (χ2n) is 25.3. The zero-order valence-electron chi connectivity index (χ0n) is 58.4. The Morgan fingerprint density at radius 2 is 0.745 bits per heavy atom. The van der Waals surface area contributed by atoms with Crippen LogP contribution in [-0.2, 0) is 23.7 Å². The first-order valence-electron chi connectivity index (χ1n) is 37.1. The molecule has 0 radical (unpaired) electrons. The molecule has 0 aliphatic carbocycles. The number of hydrogen-bond acceptors (Lipinski definition) is 13. The van der Waals surface area contributed by atoms with Gasteiger partial charge in [-0.05, 0) is 116 Å². The van der Waals surface area contributed by atoms with Crippen LogP contribution in [0.15, 0.2) is 146 Å². The molecule has 0 bridgehead atoms. The molecule has 0 saturated carbocycles. The van der Waals surface area contributed by atoms with Gasteiger partial charge in [0.1, 0.15) is 48.8 Å². The topological polar surface area (TPSA) is 228 Å². The van der Waals surface area contributed by atoms with Crippen LogP contribution in [0, 0.1) is 0 Å². The highest BCUT2D eigenvalue weighted by Gasteiger charge is 2.51. The molecule has 0 spiro atoms. The van der Waals surface area contributed by atoms with Gasteiger partial charge in [-0.2, -0.15) is 0 Å². The lowest BCUT2D eigenvalue weighted by Gasteiger charge is -2.46. The van der Waals surface area contributed by atoms with Crippen molar-refractivity contribution in [1.82, 2.24) is 5.32 Å². The first-order chi connectivity index (χ1) is 46.1. The van der Waals surface area contributed by atoms with Crippen LogP contribution in [0.5, 0.6) is 0 Å². The highest BCUT2D eigenvalue weighted by molar-refractivity contribution is 5.76. The van der Waals surface area contributed by atoms with E-state index in [4.69, 9.17) is 18.9 Å². The van der Waals surface area contributed by atoms with E-state index in [1.165, 1.54) is 116 Å². The third-order valence-electron chi connectivity index (χ3n) is 17.0. The smallest absolute Gasteiger partial charge is 0.220 e. The zero-order chi connectivity index (χ0) is 68.0. The number of carbonyl (C=O) groups is 1. The molecule has 2 rings (SSSR count). The highest BCUT2D eigenvalue weighted by atomic mass is 16.7. The standard InChI is InChI=1S/C80H133NO13/c1-3-5-7-9-11-13-15-17-19-21-23-24-25-26-27-28-29-30-31-32-33-34-35-36-37-38-39-40-41-42-43-44-46-48-50-52-54-56-58-60-62-64-72(85)81-68(69(84)63-61-59-57-55-53-51-49-47-45-22-20-18-16-14-12-10-8-6-4-2)67-91-79-77(90)75(88)78(71(66-83)93-79)94-80-76(89)74(87)73(86)70(65-82)92-80/h5,7,11,13,17,19,23-24,26-27,29-30,32-33,35-36,38-39,45,47,53,55,61,63,68-71,73-80,82-84,86-90H,3-4,6,8-10,12,14-16,18,20-22,25,28,31,34,37,40-44,46,48-52,54,56-60,62,64-67H2,1-2H3,(H,81,85)/b7-5-,13-11-,19-17-,24-23-,27-26-,30-29-,33-32-,36-35-,39-38-,47-45+,55-53+,63-61+. The monoisotopic (exact) mass is 1320 g/mol. The molecule has 2 aliphatic heterocycles. The molecule has 536 valence electrons. The van der Waals surface area contributed by atoms with E-state index in [2.05, 4.69) is 153 Å². The molecule has 14 heteroatoms. The normalized spacial score (nSPS) is 23.3. The van der Waals surface area contributed by atoms with Crippen molar-refractivity contribution in [3.8, 4) is 0 Å². The highest BCUT2D eigenvalue weighted by Crippen LogP contribution is 2.30. The van der Waals surface area contributed by atoms with Gasteiger partial charge >= 0.3 is 0 Å². The SMILES string of the molecule is CC/C=C\C/C=C\C/C=C\C/C=C\C/C=C\C/C=C\C/C=C\C/C=C\C/C=C\CCCCCCCCCCCCCCCC(=O)NC(COC1OC(CO)C(OC2OC(CO)C(O)C(O)C2O)C(O)C1O)C(O)/C=C/CC/C=C/CC/C=C/CCCCCCCCCCC. The largest absolute Gasteiger partial charge is 0.394 e. The van der Waals surface area contributed by atoms with Gasteiger partial charge in [0.15, 0.2) is 12.6 Å². The number of aliphatic hydroxyl groups excluding tert-OH is 8. The fraction of sp³-hybridized carbons (Fsp3) is 0.688. The predicted molar refractivity (Wildman–Crippen MR) is 387 cm³/mol. The van der Waals surface area contributed by atoms with Gasteiger partial charge in [0, 0.05) is 6.42 Å². The van der Waals surface area contributed by atoms with E-state index in [1.54, 1.807) is 6.08 Å². The average molecular weight is 1320 g/mol. The number of hydrogen-bond donors (Lipinski definition) is 9. The Kier molecular flexibility index (Phi) is 57.1. The maximum Gasteiger partial charge on any atom is 0.220 e. The molecule has 9 N–H and O–H groups in total. The second kappa shape index (κ2) is 62.4. The molecule has 12 atom stereocenters. The van der Waals surface area contributed by atoms with E-state index in [0.717, 1.165) is 109 Å². The summed E-state index contributed by atoms with van der Waals surface area (Å²) in [5.74, 6) is -0.259. The van der Waals surface area contributed by atoms with Crippen molar-refractivity contribution in [1.29, 1.82) is 0 Å². The average Bonchev–Trinajstić information content (AvgIpc) is 0.794. The summed E-state index contributed by atoms with van der Waals surface area (Å²) in [4.78, 5) is 13.3. The molecular weight excluding hydrogens is 1180 g/mol. The third-order valence-corrected chi connectivity index (χ3v) is 17.0. The lowest BCUT2D eigenvalue weighted by atomic mass is 9.97. The number of carbonyl (C=O) groups excluding carboxylic acids is 1. The maximum atomic E-state index is 13.3. The molecule has 0 aromatic heterocycles. The van der Waals surface area contributed by atoms with E-state index in [1.807, 2.05) is 6.08 Å². The minimum absolute atomic E-state index is 0.259. The van der Waals surface area contributed by atoms with Crippen molar-refractivity contribution in [2.24, 2.45) is 0 Å². The van der Waals surface area contributed by atoms with E-state index < -0.39 is 86.8 Å². The predicted octanol–water partition coefficient (Wildman–Crippen LogP) is 16.0. The van der Waals surface area contributed by atoms with Crippen molar-refractivity contribution in [3.05, 3.63) is 146 Å². The van der Waals surface area contributed by atoms with Gasteiger partial charge in [0.25, 0.3) is 0 Å². The van der Waals surface area contributed by atoms with Gasteiger partial charge in [-0.3, -0.25) is 4.79 Å². The van der Waals surface area contributed by atoms with Crippen LogP contribution >= 0.6 is 0 Å². The Hall–Kier alpha value is -4.13. The number of allylic oxidation sites excluding steroid dienone is 23. The van der Waals surface area contributed by atoms with Crippen LogP contribution in [0.1, 0.15) is 258 Å². The van der Waals surface area contributed by atoms with Gasteiger partial charge in [0.05, 0.1) is 32.0 Å². The van der Waals surface area contributed by atoms with Gasteiger partial charge in [-0.15, -0.1) is 0 Å². The summed E-state index contributed by atoms with van der Waals surface area (Å²) in [5.41, 5.74) is 0. The molecular formula is C80H133NO13. The molecule has 1 amide bonds. The van der Waals surface area contributed by atoms with Crippen molar-refractivity contribution < 1.29 is 64.6 Å². The van der Waals surface area contributed by atoms with Crippen LogP contribution in [0.4, 0.5) is 0 Å². The Labute approximate surface area is 570 Å². The molecule has 2 heterocycles. The van der Waals surface area contributed by atoms with Gasteiger partial charge in [0.2, 0.25) is 5.91 Å². The lowest BCUT2D eigenvalue weighted by Crippen LogP contribution is -2.65. The summed E-state index contributed by atoms with van der Waals surface area (Å²) in [6.07, 6.45) is 77.6. The van der Waals surface area contributed by atoms with Crippen molar-refractivity contribution in [2.75, 3.05) is 19.8 Å². The van der Waals surface area contributed by atoms with Crippen LogP contribution in [0.25, 0.3) is 0 Å². The van der Waals surface area contributed by atoms with Gasteiger partial charge < -0.3 is 65.1 Å². The Bertz CT molecular complexity index is 2140. The fourth-order valence-corrected chi connectivity index (χ4v) is 11.1. The fourth-order valence-electron chi connectivity index (χ4n) is 11.1. The molecule has 2 fully saturated rings. The number of aliphatic hydroxyl groups is 8. The second-order valence-corrected chi connectivity index (χ2v) is 25.3. The Morgan fingerprint density at radius 1 is 0.394 bits per heavy atom. The molecule has 94 heavy (non-hydrogen) atoms. The number of nitrogens with one attached hydrogen (secondary N) is 1. The van der Waals surface area contributed by atoms with Crippen LogP contribution in [-0.4, -0.2) is 140 Å². The van der Waals surface area contributed by atoms with E-state index in [0.29, 0.717) is 12.8 Å².